The minimum atomic E-state index is 0.213. The highest BCUT2D eigenvalue weighted by Gasteiger charge is 2.15. The van der Waals surface area contributed by atoms with Crippen LogP contribution in [0.3, 0.4) is 0 Å². The van der Waals surface area contributed by atoms with E-state index >= 15 is 0 Å². The first-order valence-corrected chi connectivity index (χ1v) is 6.76. The zero-order valence-corrected chi connectivity index (χ0v) is 11.9. The molecule has 5 nitrogen and oxygen atoms in total. The molecule has 106 valence electrons. The Kier molecular flexibility index (Phi) is 3.39. The summed E-state index contributed by atoms with van der Waals surface area (Å²) in [5.74, 6) is 1.15. The fourth-order valence-corrected chi connectivity index (χ4v) is 2.22. The van der Waals surface area contributed by atoms with Crippen LogP contribution < -0.4 is 0 Å². The third kappa shape index (κ3) is 2.38. The third-order valence-electron chi connectivity index (χ3n) is 3.49. The van der Waals surface area contributed by atoms with Gasteiger partial charge < -0.3 is 9.63 Å². The van der Waals surface area contributed by atoms with Crippen LogP contribution in [0.25, 0.3) is 22.8 Å². The van der Waals surface area contributed by atoms with Gasteiger partial charge in [0.15, 0.2) is 0 Å². The monoisotopic (exact) mass is 281 g/mol. The summed E-state index contributed by atoms with van der Waals surface area (Å²) >= 11 is 0. The van der Waals surface area contributed by atoms with Crippen LogP contribution in [0.15, 0.2) is 41.2 Å². The van der Waals surface area contributed by atoms with E-state index < -0.39 is 0 Å². The number of phenolic OH excluding ortho intramolecular Hbond substituents is 1. The average Bonchev–Trinajstić information content (AvgIpc) is 2.99. The van der Waals surface area contributed by atoms with E-state index in [-0.39, 0.29) is 5.75 Å². The number of benzene rings is 1. The topological polar surface area (TPSA) is 72.0 Å². The Morgan fingerprint density at radius 1 is 1.19 bits per heavy atom. The quantitative estimate of drug-likeness (QED) is 0.796. The number of nitrogens with zero attached hydrogens (tertiary/aromatic N) is 3. The van der Waals surface area contributed by atoms with Crippen molar-refractivity contribution < 1.29 is 9.63 Å². The van der Waals surface area contributed by atoms with Gasteiger partial charge in [0, 0.05) is 29.1 Å². The number of hydrogen-bond acceptors (Lipinski definition) is 5. The zero-order valence-electron chi connectivity index (χ0n) is 11.9. The standard InChI is InChI=1S/C16H15N3O2/c1-3-11-9-17-8-7-13(11)15-18-16(21-19-15)12-5-4-6-14(20)10(12)2/h4-9,20H,3H2,1-2H3. The maximum atomic E-state index is 9.77. The number of rotatable bonds is 3. The molecule has 0 aliphatic heterocycles. The summed E-state index contributed by atoms with van der Waals surface area (Å²) < 4.78 is 5.35. The second-order valence-corrected chi connectivity index (χ2v) is 4.76. The Labute approximate surface area is 122 Å². The summed E-state index contributed by atoms with van der Waals surface area (Å²) in [7, 11) is 0. The largest absolute Gasteiger partial charge is 0.508 e. The van der Waals surface area contributed by atoms with E-state index in [1.54, 1.807) is 18.3 Å². The van der Waals surface area contributed by atoms with Crippen LogP contribution in [0.2, 0.25) is 0 Å². The molecule has 21 heavy (non-hydrogen) atoms. The SMILES string of the molecule is CCc1cnccc1-c1noc(-c2cccc(O)c2C)n1. The molecule has 0 unspecified atom stereocenters. The van der Waals surface area contributed by atoms with E-state index in [9.17, 15) is 5.11 Å². The molecule has 2 aromatic heterocycles. The molecule has 0 saturated heterocycles. The fourth-order valence-electron chi connectivity index (χ4n) is 2.22. The summed E-state index contributed by atoms with van der Waals surface area (Å²) in [6, 6.07) is 7.11. The lowest BCUT2D eigenvalue weighted by Crippen LogP contribution is -1.90. The molecule has 0 saturated carbocycles. The smallest absolute Gasteiger partial charge is 0.258 e. The van der Waals surface area contributed by atoms with Crippen molar-refractivity contribution in [3.8, 4) is 28.6 Å². The predicted octanol–water partition coefficient (Wildman–Crippen LogP) is 3.38. The Hall–Kier alpha value is -2.69. The minimum Gasteiger partial charge on any atom is -0.508 e. The molecule has 5 heteroatoms. The molecular formula is C16H15N3O2. The van der Waals surface area contributed by atoms with Gasteiger partial charge in [-0.3, -0.25) is 4.98 Å². The molecule has 1 N–H and O–H groups in total. The molecular weight excluding hydrogens is 266 g/mol. The lowest BCUT2D eigenvalue weighted by molar-refractivity contribution is 0.430. The molecule has 1 aromatic carbocycles. The van der Waals surface area contributed by atoms with Crippen LogP contribution in [0.4, 0.5) is 0 Å². The van der Waals surface area contributed by atoms with Crippen molar-refractivity contribution in [3.63, 3.8) is 0 Å². The van der Waals surface area contributed by atoms with Crippen molar-refractivity contribution in [3.05, 3.63) is 47.8 Å². The van der Waals surface area contributed by atoms with E-state index in [4.69, 9.17) is 4.52 Å². The molecule has 0 atom stereocenters. The molecule has 0 bridgehead atoms. The number of aromatic nitrogens is 3. The van der Waals surface area contributed by atoms with Gasteiger partial charge in [-0.15, -0.1) is 0 Å². The molecule has 0 amide bonds. The van der Waals surface area contributed by atoms with Gasteiger partial charge >= 0.3 is 0 Å². The van der Waals surface area contributed by atoms with E-state index in [0.717, 1.165) is 28.7 Å². The summed E-state index contributed by atoms with van der Waals surface area (Å²) in [6.07, 6.45) is 4.37. The predicted molar refractivity (Wildman–Crippen MR) is 78.7 cm³/mol. The van der Waals surface area contributed by atoms with Crippen LogP contribution in [-0.4, -0.2) is 20.2 Å². The first kappa shape index (κ1) is 13.3. The molecule has 2 heterocycles. The summed E-state index contributed by atoms with van der Waals surface area (Å²) in [5.41, 5.74) is 3.44. The van der Waals surface area contributed by atoms with Crippen molar-refractivity contribution >= 4 is 0 Å². The summed E-state index contributed by atoms with van der Waals surface area (Å²) in [6.45, 7) is 3.87. The van der Waals surface area contributed by atoms with Gasteiger partial charge in [0.25, 0.3) is 5.89 Å². The second kappa shape index (κ2) is 5.36. The average molecular weight is 281 g/mol. The molecule has 3 aromatic rings. The Bertz CT molecular complexity index is 781. The van der Waals surface area contributed by atoms with Gasteiger partial charge in [-0.2, -0.15) is 4.98 Å². The highest BCUT2D eigenvalue weighted by molar-refractivity contribution is 5.65. The molecule has 0 fully saturated rings. The Morgan fingerprint density at radius 2 is 2.05 bits per heavy atom. The number of aryl methyl sites for hydroxylation is 1. The Morgan fingerprint density at radius 3 is 2.86 bits per heavy atom. The van der Waals surface area contributed by atoms with Gasteiger partial charge in [-0.25, -0.2) is 0 Å². The molecule has 0 aliphatic rings. The van der Waals surface area contributed by atoms with Gasteiger partial charge in [0.1, 0.15) is 5.75 Å². The molecule has 3 rings (SSSR count). The lowest BCUT2D eigenvalue weighted by Gasteiger charge is -2.02. The van der Waals surface area contributed by atoms with Gasteiger partial charge in [-0.1, -0.05) is 18.1 Å². The maximum absolute atomic E-state index is 9.77. The number of phenols is 1. The number of aromatic hydroxyl groups is 1. The highest BCUT2D eigenvalue weighted by Crippen LogP contribution is 2.30. The van der Waals surface area contributed by atoms with Crippen molar-refractivity contribution in [1.29, 1.82) is 0 Å². The van der Waals surface area contributed by atoms with Crippen molar-refractivity contribution in [2.45, 2.75) is 20.3 Å². The van der Waals surface area contributed by atoms with Gasteiger partial charge in [-0.05, 0) is 37.1 Å². The van der Waals surface area contributed by atoms with Gasteiger partial charge in [0.05, 0.1) is 0 Å². The minimum absolute atomic E-state index is 0.213. The molecule has 0 radical (unpaired) electrons. The van der Waals surface area contributed by atoms with Crippen molar-refractivity contribution in [1.82, 2.24) is 15.1 Å². The fraction of sp³-hybridized carbons (Fsp3) is 0.188. The molecule has 0 aliphatic carbocycles. The van der Waals surface area contributed by atoms with Crippen LogP contribution in [0.1, 0.15) is 18.1 Å². The van der Waals surface area contributed by atoms with Crippen molar-refractivity contribution in [2.75, 3.05) is 0 Å². The first-order valence-electron chi connectivity index (χ1n) is 6.76. The lowest BCUT2D eigenvalue weighted by atomic mass is 10.1. The summed E-state index contributed by atoms with van der Waals surface area (Å²) in [5, 5.41) is 13.8. The maximum Gasteiger partial charge on any atom is 0.258 e. The number of hydrogen-bond donors (Lipinski definition) is 1. The van der Waals surface area contributed by atoms with E-state index in [1.807, 2.05) is 25.3 Å². The molecule has 0 spiro atoms. The zero-order chi connectivity index (χ0) is 14.8. The first-order chi connectivity index (χ1) is 10.2. The van der Waals surface area contributed by atoms with Crippen LogP contribution in [0, 0.1) is 6.92 Å². The van der Waals surface area contributed by atoms with E-state index in [2.05, 4.69) is 22.0 Å². The van der Waals surface area contributed by atoms with Crippen LogP contribution in [-0.2, 0) is 6.42 Å². The van der Waals surface area contributed by atoms with Crippen LogP contribution in [0.5, 0.6) is 5.75 Å². The van der Waals surface area contributed by atoms with Gasteiger partial charge in [0.2, 0.25) is 5.82 Å². The highest BCUT2D eigenvalue weighted by atomic mass is 16.5. The van der Waals surface area contributed by atoms with E-state index in [1.165, 1.54) is 0 Å². The van der Waals surface area contributed by atoms with Crippen LogP contribution >= 0.6 is 0 Å². The Balaban J connectivity index is 2.06. The normalized spacial score (nSPS) is 10.8. The van der Waals surface area contributed by atoms with E-state index in [0.29, 0.717) is 11.7 Å². The van der Waals surface area contributed by atoms with Crippen molar-refractivity contribution in [2.24, 2.45) is 0 Å². The summed E-state index contributed by atoms with van der Waals surface area (Å²) in [4.78, 5) is 8.56. The second-order valence-electron chi connectivity index (χ2n) is 4.76. The number of pyridine rings is 1. The third-order valence-corrected chi connectivity index (χ3v) is 3.49.